The quantitative estimate of drug-likeness (QED) is 0.0912. The first-order valence-corrected chi connectivity index (χ1v) is 21.7. The average molecular weight is 854 g/mol. The standard InChI is InChI=1S/C48H55N9O6/c1-3-22-55-33-44(59)56-41(27-34-16-19-38(58)20-17-34)47(61)54(32-43(56)57(55)48(62)50-28-35-12-6-4-7-13-35)30-36-14-10-15-39-40(31-52(2)45(36)39)46(60)51-37-18-21-42(49-29-37)63-26-11-25-53-23-8-5-9-24-53/h3-4,6-7,10,12-21,29,31,41,43,58H,1,5,8-9,11,22-28,30,32-33H2,2H3,(H,50,62)(H,51,60)/t41-,43-/m0/s1. The number of aryl methyl sites for hydroxylation is 1. The van der Waals surface area contributed by atoms with Crippen LogP contribution in [0.1, 0.15) is 52.7 Å². The minimum atomic E-state index is -0.949. The number of hydrogen-bond donors (Lipinski definition) is 3. The van der Waals surface area contributed by atoms with Gasteiger partial charge in [0, 0.05) is 57.3 Å². The Labute approximate surface area is 367 Å². The summed E-state index contributed by atoms with van der Waals surface area (Å²) in [7, 11) is 1.86. The molecule has 3 aliphatic heterocycles. The molecule has 0 aliphatic carbocycles. The topological polar surface area (TPSA) is 156 Å². The van der Waals surface area contributed by atoms with Gasteiger partial charge in [0.2, 0.25) is 17.7 Å². The molecule has 2 atom stereocenters. The fourth-order valence-electron chi connectivity index (χ4n) is 9.01. The zero-order valence-electron chi connectivity index (χ0n) is 35.7. The maximum absolute atomic E-state index is 14.7. The van der Waals surface area contributed by atoms with Crippen LogP contribution in [0.3, 0.4) is 0 Å². The van der Waals surface area contributed by atoms with Crippen molar-refractivity contribution in [3.63, 3.8) is 0 Å². The first-order chi connectivity index (χ1) is 30.7. The number of hydrogen-bond acceptors (Lipinski definition) is 9. The van der Waals surface area contributed by atoms with Crippen LogP contribution in [0, 0.1) is 0 Å². The Morgan fingerprint density at radius 1 is 0.952 bits per heavy atom. The Morgan fingerprint density at radius 2 is 1.75 bits per heavy atom. The van der Waals surface area contributed by atoms with E-state index in [1.54, 1.807) is 74.7 Å². The number of amides is 5. The number of nitrogens with one attached hydrogen (secondary N) is 2. The number of phenols is 1. The number of anilines is 1. The molecule has 3 N–H and O–H groups in total. The van der Waals surface area contributed by atoms with Crippen molar-refractivity contribution in [2.24, 2.45) is 7.05 Å². The summed E-state index contributed by atoms with van der Waals surface area (Å²) in [6.07, 6.45) is 9.08. The van der Waals surface area contributed by atoms with E-state index < -0.39 is 18.2 Å². The number of urea groups is 1. The van der Waals surface area contributed by atoms with E-state index in [0.717, 1.165) is 48.3 Å². The van der Waals surface area contributed by atoms with Gasteiger partial charge in [-0.3, -0.25) is 14.4 Å². The predicted octanol–water partition coefficient (Wildman–Crippen LogP) is 5.52. The summed E-state index contributed by atoms with van der Waals surface area (Å²) in [6, 6.07) is 23.9. The minimum absolute atomic E-state index is 0.0301. The molecule has 328 valence electrons. The third kappa shape index (κ3) is 9.84. The van der Waals surface area contributed by atoms with Crippen molar-refractivity contribution in [2.45, 2.75) is 57.4 Å². The van der Waals surface area contributed by atoms with Gasteiger partial charge in [0.05, 0.1) is 42.7 Å². The van der Waals surface area contributed by atoms with Gasteiger partial charge < -0.3 is 39.7 Å². The van der Waals surface area contributed by atoms with Crippen molar-refractivity contribution < 1.29 is 29.0 Å². The number of ether oxygens (including phenoxy) is 1. The molecule has 5 heterocycles. The zero-order valence-corrected chi connectivity index (χ0v) is 35.7. The number of phenolic OH excluding ortho intramolecular Hbond substituents is 1. The molecule has 0 radical (unpaired) electrons. The number of carbonyl (C=O) groups excluding carboxylic acids is 4. The molecule has 8 rings (SSSR count). The second-order valence-corrected chi connectivity index (χ2v) is 16.4. The smallest absolute Gasteiger partial charge is 0.334 e. The summed E-state index contributed by atoms with van der Waals surface area (Å²) < 4.78 is 7.76. The first-order valence-electron chi connectivity index (χ1n) is 21.7. The van der Waals surface area contributed by atoms with E-state index in [1.807, 2.05) is 60.1 Å². The molecule has 0 saturated carbocycles. The summed E-state index contributed by atoms with van der Waals surface area (Å²) in [4.78, 5) is 67.0. The van der Waals surface area contributed by atoms with E-state index in [9.17, 15) is 24.3 Å². The van der Waals surface area contributed by atoms with Gasteiger partial charge in [-0.2, -0.15) is 0 Å². The molecule has 3 aromatic carbocycles. The summed E-state index contributed by atoms with van der Waals surface area (Å²) >= 11 is 0. The minimum Gasteiger partial charge on any atom is -0.508 e. The second-order valence-electron chi connectivity index (χ2n) is 16.4. The van der Waals surface area contributed by atoms with Crippen molar-refractivity contribution >= 4 is 40.3 Å². The molecule has 3 aliphatic rings. The fraction of sp³-hybridized carbons (Fsp3) is 0.354. The van der Waals surface area contributed by atoms with E-state index >= 15 is 0 Å². The van der Waals surface area contributed by atoms with Gasteiger partial charge in [-0.25, -0.2) is 19.8 Å². The summed E-state index contributed by atoms with van der Waals surface area (Å²) in [5.74, 6) is -0.287. The van der Waals surface area contributed by atoms with Gasteiger partial charge in [-0.15, -0.1) is 6.58 Å². The van der Waals surface area contributed by atoms with Crippen LogP contribution in [0.25, 0.3) is 10.9 Å². The number of fused-ring (bicyclic) bond motifs is 2. The SMILES string of the molecule is C=CCN1CC(=O)N2[C@@H](Cc3ccc(O)cc3)C(=O)N(Cc3cccc4c(C(=O)Nc5ccc(OCCCN6CCCCC6)nc5)cn(C)c34)C[C@@H]2N1C(=O)NCc1ccccc1. The highest BCUT2D eigenvalue weighted by molar-refractivity contribution is 6.13. The number of rotatable bonds is 15. The molecule has 2 aromatic heterocycles. The van der Waals surface area contributed by atoms with E-state index in [0.29, 0.717) is 29.1 Å². The van der Waals surface area contributed by atoms with Crippen LogP contribution in [0.2, 0.25) is 0 Å². The monoisotopic (exact) mass is 853 g/mol. The molecule has 5 aromatic rings. The number of benzene rings is 3. The van der Waals surface area contributed by atoms with Crippen molar-refractivity contribution in [1.29, 1.82) is 0 Å². The van der Waals surface area contributed by atoms with Gasteiger partial charge in [-0.1, -0.05) is 73.2 Å². The van der Waals surface area contributed by atoms with Crippen molar-refractivity contribution in [3.8, 4) is 11.6 Å². The lowest BCUT2D eigenvalue weighted by atomic mass is 9.98. The third-order valence-electron chi connectivity index (χ3n) is 12.0. The van der Waals surface area contributed by atoms with Crippen molar-refractivity contribution in [2.75, 3.05) is 51.2 Å². The average Bonchev–Trinajstić information content (AvgIpc) is 3.64. The molecule has 3 fully saturated rings. The van der Waals surface area contributed by atoms with Gasteiger partial charge >= 0.3 is 6.03 Å². The molecule has 3 saturated heterocycles. The normalized spacial score (nSPS) is 18.3. The molecular formula is C48H55N9O6. The highest BCUT2D eigenvalue weighted by atomic mass is 16.5. The number of carbonyl (C=O) groups is 4. The van der Waals surface area contributed by atoms with Crippen LogP contribution < -0.4 is 15.4 Å². The van der Waals surface area contributed by atoms with Crippen molar-refractivity contribution in [3.05, 3.63) is 132 Å². The summed E-state index contributed by atoms with van der Waals surface area (Å²) in [6.45, 7) is 8.32. The summed E-state index contributed by atoms with van der Waals surface area (Å²) in [5, 5.41) is 19.9. The Bertz CT molecular complexity index is 2420. The van der Waals surface area contributed by atoms with Crippen LogP contribution in [0.15, 0.2) is 110 Å². The number of piperazine rings is 1. The zero-order chi connectivity index (χ0) is 43.9. The Kier molecular flexibility index (Phi) is 13.3. The van der Waals surface area contributed by atoms with Crippen LogP contribution in [-0.2, 0) is 36.1 Å². The number of aromatic hydroxyl groups is 1. The van der Waals surface area contributed by atoms with Gasteiger partial charge in [0.15, 0.2) is 0 Å². The number of pyridine rings is 1. The number of nitrogens with zero attached hydrogens (tertiary/aromatic N) is 7. The van der Waals surface area contributed by atoms with Crippen molar-refractivity contribution in [1.82, 2.24) is 39.6 Å². The van der Waals surface area contributed by atoms with E-state index in [1.165, 1.54) is 19.3 Å². The highest BCUT2D eigenvalue weighted by Gasteiger charge is 2.51. The van der Waals surface area contributed by atoms with E-state index in [2.05, 4.69) is 27.1 Å². The molecular weight excluding hydrogens is 799 g/mol. The van der Waals surface area contributed by atoms with Gasteiger partial charge in [0.1, 0.15) is 18.0 Å². The fourth-order valence-corrected chi connectivity index (χ4v) is 9.01. The number of aromatic nitrogens is 2. The maximum Gasteiger partial charge on any atom is 0.334 e. The van der Waals surface area contributed by atoms with Crippen LogP contribution in [0.4, 0.5) is 10.5 Å². The number of para-hydroxylation sites is 1. The predicted molar refractivity (Wildman–Crippen MR) is 239 cm³/mol. The van der Waals surface area contributed by atoms with E-state index in [4.69, 9.17) is 4.74 Å². The molecule has 0 unspecified atom stereocenters. The van der Waals surface area contributed by atoms with Crippen LogP contribution in [0.5, 0.6) is 11.6 Å². The number of hydrazine groups is 1. The maximum atomic E-state index is 14.7. The third-order valence-corrected chi connectivity index (χ3v) is 12.0. The number of likely N-dealkylation sites (tertiary alicyclic amines) is 1. The Morgan fingerprint density at radius 3 is 2.49 bits per heavy atom. The molecule has 5 amide bonds. The molecule has 63 heavy (non-hydrogen) atoms. The molecule has 15 heteroatoms. The Hall–Kier alpha value is -6.71. The van der Waals surface area contributed by atoms with Gasteiger partial charge in [-0.05, 0) is 67.2 Å². The molecule has 0 bridgehead atoms. The Balaban J connectivity index is 1.02. The lowest BCUT2D eigenvalue weighted by Crippen LogP contribution is -2.76. The molecule has 0 spiro atoms. The highest BCUT2D eigenvalue weighted by Crippen LogP contribution is 2.32. The van der Waals surface area contributed by atoms with E-state index in [-0.39, 0.29) is 62.6 Å². The lowest BCUT2D eigenvalue weighted by molar-refractivity contribution is -0.189. The first kappa shape index (κ1) is 43.0. The lowest BCUT2D eigenvalue weighted by Gasteiger charge is -2.55. The molecule has 15 nitrogen and oxygen atoms in total. The van der Waals surface area contributed by atoms with Crippen LogP contribution >= 0.6 is 0 Å². The summed E-state index contributed by atoms with van der Waals surface area (Å²) in [5.41, 5.74) is 4.19. The number of piperidine rings is 1. The van der Waals surface area contributed by atoms with Crippen LogP contribution in [-0.4, -0.2) is 121 Å². The van der Waals surface area contributed by atoms with Gasteiger partial charge in [0.25, 0.3) is 5.91 Å². The second kappa shape index (κ2) is 19.6. The largest absolute Gasteiger partial charge is 0.508 e.